The van der Waals surface area contributed by atoms with Gasteiger partial charge in [-0.3, -0.25) is 4.79 Å². The van der Waals surface area contributed by atoms with Crippen molar-refractivity contribution in [1.82, 2.24) is 0 Å². The fraction of sp³-hybridized carbons (Fsp3) is 0.438. The molecule has 1 aromatic carbocycles. The number of hydrogen-bond donors (Lipinski definition) is 0. The Kier molecular flexibility index (Phi) is 3.19. The molecule has 0 atom stereocenters. The summed E-state index contributed by atoms with van der Waals surface area (Å²) in [6, 6.07) is 7.85. The zero-order chi connectivity index (χ0) is 12.5. The Labute approximate surface area is 104 Å². The molecule has 0 amide bonds. The summed E-state index contributed by atoms with van der Waals surface area (Å²) in [5, 5.41) is 0. The first kappa shape index (κ1) is 12.1. The molecular formula is C16H20O. The van der Waals surface area contributed by atoms with Crippen molar-refractivity contribution in [3.8, 4) is 0 Å². The molecule has 17 heavy (non-hydrogen) atoms. The van der Waals surface area contributed by atoms with Gasteiger partial charge >= 0.3 is 0 Å². The lowest BCUT2D eigenvalue weighted by molar-refractivity contribution is 0.102. The molecule has 2 rings (SSSR count). The summed E-state index contributed by atoms with van der Waals surface area (Å²) in [5.74, 6) is 0.218. The monoisotopic (exact) mass is 228 g/mol. The zero-order valence-electron chi connectivity index (χ0n) is 10.9. The smallest absolute Gasteiger partial charge is 0.188 e. The molecule has 0 fully saturated rings. The van der Waals surface area contributed by atoms with Gasteiger partial charge in [-0.1, -0.05) is 44.2 Å². The molecule has 0 aromatic heterocycles. The Morgan fingerprint density at radius 3 is 2.59 bits per heavy atom. The third-order valence-electron chi connectivity index (χ3n) is 3.51. The molecule has 1 heteroatoms. The lowest BCUT2D eigenvalue weighted by Gasteiger charge is -2.27. The van der Waals surface area contributed by atoms with Crippen LogP contribution in [0.3, 0.4) is 0 Å². The van der Waals surface area contributed by atoms with Crippen LogP contribution in [0.25, 0.3) is 0 Å². The predicted octanol–water partition coefficient (Wildman–Crippen LogP) is 4.31. The van der Waals surface area contributed by atoms with E-state index in [-0.39, 0.29) is 11.2 Å². The Morgan fingerprint density at radius 1 is 1.24 bits per heavy atom. The molecule has 0 aliphatic heterocycles. The first-order chi connectivity index (χ1) is 7.99. The number of carbonyl (C=O) groups excluding carboxylic acids is 1. The summed E-state index contributed by atoms with van der Waals surface area (Å²) in [4.78, 5) is 12.4. The van der Waals surface area contributed by atoms with Crippen molar-refractivity contribution in [2.24, 2.45) is 5.41 Å². The normalized spacial score (nSPS) is 18.6. The average molecular weight is 228 g/mol. The van der Waals surface area contributed by atoms with Gasteiger partial charge in [0.25, 0.3) is 0 Å². The number of ketones is 1. The maximum atomic E-state index is 12.4. The first-order valence-electron chi connectivity index (χ1n) is 6.32. The van der Waals surface area contributed by atoms with Crippen molar-refractivity contribution < 1.29 is 4.79 Å². The maximum Gasteiger partial charge on any atom is 0.188 e. The summed E-state index contributed by atoms with van der Waals surface area (Å²) in [6.07, 6.45) is 5.40. The Bertz CT molecular complexity index is 466. The second-order valence-electron chi connectivity index (χ2n) is 5.66. The van der Waals surface area contributed by atoms with Crippen molar-refractivity contribution in [2.45, 2.75) is 40.0 Å². The summed E-state index contributed by atoms with van der Waals surface area (Å²) in [7, 11) is 0. The van der Waals surface area contributed by atoms with Crippen LogP contribution in [0.4, 0.5) is 0 Å². The maximum absolute atomic E-state index is 12.4. The average Bonchev–Trinajstić information content (AvgIpc) is 2.27. The Balaban J connectivity index is 2.33. The minimum absolute atomic E-state index is 0.173. The highest BCUT2D eigenvalue weighted by Crippen LogP contribution is 2.34. The SMILES string of the molecule is Cc1ccccc1C(=O)C1=CC(C)(C)CCC1. The van der Waals surface area contributed by atoms with E-state index in [1.165, 1.54) is 6.42 Å². The van der Waals surface area contributed by atoms with Crippen molar-refractivity contribution >= 4 is 5.78 Å². The van der Waals surface area contributed by atoms with E-state index in [4.69, 9.17) is 0 Å². The number of hydrogen-bond acceptors (Lipinski definition) is 1. The molecule has 0 saturated heterocycles. The lowest BCUT2D eigenvalue weighted by Crippen LogP contribution is -2.17. The van der Waals surface area contributed by atoms with Gasteiger partial charge in [-0.2, -0.15) is 0 Å². The quantitative estimate of drug-likeness (QED) is 0.689. The van der Waals surface area contributed by atoms with E-state index in [2.05, 4.69) is 19.9 Å². The van der Waals surface area contributed by atoms with E-state index >= 15 is 0 Å². The Morgan fingerprint density at radius 2 is 1.94 bits per heavy atom. The number of rotatable bonds is 2. The molecule has 0 saturated carbocycles. The van der Waals surface area contributed by atoms with E-state index in [1.807, 2.05) is 31.2 Å². The summed E-state index contributed by atoms with van der Waals surface area (Å²) in [5.41, 5.74) is 3.10. The van der Waals surface area contributed by atoms with Crippen LogP contribution < -0.4 is 0 Å². The van der Waals surface area contributed by atoms with Gasteiger partial charge in [0.05, 0.1) is 0 Å². The number of carbonyl (C=O) groups is 1. The third kappa shape index (κ3) is 2.66. The van der Waals surface area contributed by atoms with Crippen molar-refractivity contribution in [3.63, 3.8) is 0 Å². The predicted molar refractivity (Wildman–Crippen MR) is 71.2 cm³/mol. The van der Waals surface area contributed by atoms with Crippen LogP contribution >= 0.6 is 0 Å². The van der Waals surface area contributed by atoms with Crippen LogP contribution in [0.15, 0.2) is 35.9 Å². The molecule has 0 N–H and O–H groups in total. The standard InChI is InChI=1S/C16H20O/c1-12-7-4-5-9-14(12)15(17)13-8-6-10-16(2,3)11-13/h4-5,7,9,11H,6,8,10H2,1-3H3. The molecule has 0 spiro atoms. The van der Waals surface area contributed by atoms with Crippen molar-refractivity contribution in [2.75, 3.05) is 0 Å². The van der Waals surface area contributed by atoms with Gasteiger partial charge in [0, 0.05) is 5.56 Å². The van der Waals surface area contributed by atoms with Crippen LogP contribution in [-0.4, -0.2) is 5.78 Å². The lowest BCUT2D eigenvalue weighted by atomic mass is 9.78. The Hall–Kier alpha value is -1.37. The summed E-state index contributed by atoms with van der Waals surface area (Å²) >= 11 is 0. The number of Topliss-reactive ketones (excluding diaryl/α,β-unsaturated/α-hetero) is 1. The topological polar surface area (TPSA) is 17.1 Å². The molecular weight excluding hydrogens is 208 g/mol. The van der Waals surface area contributed by atoms with Crippen LogP contribution in [0, 0.1) is 12.3 Å². The minimum atomic E-state index is 0.173. The molecule has 1 nitrogen and oxygen atoms in total. The molecule has 1 aliphatic carbocycles. The van der Waals surface area contributed by atoms with Gasteiger partial charge in [0.15, 0.2) is 5.78 Å². The second-order valence-corrected chi connectivity index (χ2v) is 5.66. The zero-order valence-corrected chi connectivity index (χ0v) is 10.9. The minimum Gasteiger partial charge on any atom is -0.289 e. The first-order valence-corrected chi connectivity index (χ1v) is 6.32. The van der Waals surface area contributed by atoms with Gasteiger partial charge in [-0.05, 0) is 42.7 Å². The highest BCUT2D eigenvalue weighted by molar-refractivity contribution is 6.09. The molecule has 0 heterocycles. The van der Waals surface area contributed by atoms with Crippen LogP contribution in [0.2, 0.25) is 0 Å². The number of aryl methyl sites for hydroxylation is 1. The molecule has 90 valence electrons. The fourth-order valence-electron chi connectivity index (χ4n) is 2.53. The van der Waals surface area contributed by atoms with Crippen LogP contribution in [-0.2, 0) is 0 Å². The van der Waals surface area contributed by atoms with E-state index in [9.17, 15) is 4.79 Å². The van der Waals surface area contributed by atoms with E-state index in [0.717, 1.165) is 29.5 Å². The van der Waals surface area contributed by atoms with Gasteiger partial charge in [0.2, 0.25) is 0 Å². The number of allylic oxidation sites excluding steroid dienone is 2. The van der Waals surface area contributed by atoms with Crippen molar-refractivity contribution in [3.05, 3.63) is 47.0 Å². The van der Waals surface area contributed by atoms with Gasteiger partial charge in [-0.15, -0.1) is 0 Å². The number of benzene rings is 1. The second kappa shape index (κ2) is 4.48. The molecule has 0 bridgehead atoms. The van der Waals surface area contributed by atoms with Crippen LogP contribution in [0.1, 0.15) is 49.0 Å². The van der Waals surface area contributed by atoms with Gasteiger partial charge < -0.3 is 0 Å². The largest absolute Gasteiger partial charge is 0.289 e. The fourth-order valence-corrected chi connectivity index (χ4v) is 2.53. The summed E-state index contributed by atoms with van der Waals surface area (Å²) < 4.78 is 0. The third-order valence-corrected chi connectivity index (χ3v) is 3.51. The highest BCUT2D eigenvalue weighted by atomic mass is 16.1. The highest BCUT2D eigenvalue weighted by Gasteiger charge is 2.24. The molecule has 0 unspecified atom stereocenters. The van der Waals surface area contributed by atoms with E-state index < -0.39 is 0 Å². The van der Waals surface area contributed by atoms with Crippen LogP contribution in [0.5, 0.6) is 0 Å². The van der Waals surface area contributed by atoms with Crippen molar-refractivity contribution in [1.29, 1.82) is 0 Å². The van der Waals surface area contributed by atoms with Gasteiger partial charge in [0.1, 0.15) is 0 Å². The summed E-state index contributed by atoms with van der Waals surface area (Å²) in [6.45, 7) is 6.41. The van der Waals surface area contributed by atoms with Gasteiger partial charge in [-0.25, -0.2) is 0 Å². The molecule has 1 aliphatic rings. The van der Waals surface area contributed by atoms with E-state index in [1.54, 1.807) is 0 Å². The molecule has 0 radical (unpaired) electrons. The molecule has 1 aromatic rings. The van der Waals surface area contributed by atoms with E-state index in [0.29, 0.717) is 0 Å².